The van der Waals surface area contributed by atoms with E-state index in [2.05, 4.69) is 10.3 Å². The number of fused-ring (bicyclic) bond motifs is 1. The van der Waals surface area contributed by atoms with Gasteiger partial charge in [0, 0.05) is 18.4 Å². The first-order chi connectivity index (χ1) is 20.7. The normalized spacial score (nSPS) is 13.6. The molecule has 0 atom stereocenters. The van der Waals surface area contributed by atoms with Gasteiger partial charge in [0.05, 0.1) is 23.6 Å². The molecule has 1 aliphatic heterocycles. The standard InChI is InChI=1S/C35H34N4O4/c1-35(2,3)43-34(42)37-23-26-15-19-29(20-16-26)39-31-12-8-7-11-30(31)38(32(40)21-33(39)41)24-27-13-17-28(18-14-27)36-22-25-9-5-4-6-10-25/h4-20,22H,21,23-24H2,1-3H3,(H,37,42). The van der Waals surface area contributed by atoms with Gasteiger partial charge in [-0.2, -0.15) is 0 Å². The van der Waals surface area contributed by atoms with E-state index in [9.17, 15) is 14.4 Å². The van der Waals surface area contributed by atoms with E-state index < -0.39 is 11.7 Å². The summed E-state index contributed by atoms with van der Waals surface area (Å²) in [6.07, 6.45) is 1.05. The zero-order chi connectivity index (χ0) is 30.4. The monoisotopic (exact) mass is 574 g/mol. The summed E-state index contributed by atoms with van der Waals surface area (Å²) < 4.78 is 5.30. The summed E-state index contributed by atoms with van der Waals surface area (Å²) in [5.41, 5.74) is 4.92. The van der Waals surface area contributed by atoms with Gasteiger partial charge in [-0.3, -0.25) is 19.5 Å². The number of amides is 3. The fourth-order valence-corrected chi connectivity index (χ4v) is 4.72. The molecule has 0 aliphatic carbocycles. The lowest BCUT2D eigenvalue weighted by atomic mass is 10.1. The molecule has 218 valence electrons. The molecular weight excluding hydrogens is 540 g/mol. The molecule has 1 N–H and O–H groups in total. The van der Waals surface area contributed by atoms with E-state index in [0.29, 0.717) is 23.6 Å². The van der Waals surface area contributed by atoms with Crippen LogP contribution in [-0.2, 0) is 27.4 Å². The first-order valence-corrected chi connectivity index (χ1v) is 14.1. The molecule has 5 rings (SSSR count). The molecule has 0 spiro atoms. The van der Waals surface area contributed by atoms with Crippen molar-refractivity contribution in [1.82, 2.24) is 5.32 Å². The molecule has 3 amide bonds. The maximum Gasteiger partial charge on any atom is 0.407 e. The molecule has 0 aromatic heterocycles. The van der Waals surface area contributed by atoms with E-state index in [1.165, 1.54) is 0 Å². The van der Waals surface area contributed by atoms with Crippen molar-refractivity contribution in [3.8, 4) is 0 Å². The molecule has 0 fully saturated rings. The number of benzene rings is 4. The maximum absolute atomic E-state index is 13.4. The molecule has 8 nitrogen and oxygen atoms in total. The van der Waals surface area contributed by atoms with Gasteiger partial charge >= 0.3 is 6.09 Å². The predicted molar refractivity (Wildman–Crippen MR) is 169 cm³/mol. The molecule has 0 saturated heterocycles. The van der Waals surface area contributed by atoms with Crippen LogP contribution in [0.5, 0.6) is 0 Å². The van der Waals surface area contributed by atoms with Crippen LogP contribution in [0.3, 0.4) is 0 Å². The van der Waals surface area contributed by atoms with Crippen molar-refractivity contribution >= 4 is 46.9 Å². The summed E-state index contributed by atoms with van der Waals surface area (Å²) in [7, 11) is 0. The second kappa shape index (κ2) is 12.7. The number of ether oxygens (including phenoxy) is 1. The number of carbonyl (C=O) groups excluding carboxylic acids is 3. The van der Waals surface area contributed by atoms with E-state index in [1.54, 1.807) is 9.80 Å². The number of carbonyl (C=O) groups is 3. The van der Waals surface area contributed by atoms with Crippen LogP contribution in [0, 0.1) is 0 Å². The third-order valence-electron chi connectivity index (χ3n) is 6.74. The number of para-hydroxylation sites is 2. The number of nitrogens with zero attached hydrogens (tertiary/aromatic N) is 3. The van der Waals surface area contributed by atoms with Crippen LogP contribution in [0.15, 0.2) is 108 Å². The quantitative estimate of drug-likeness (QED) is 0.189. The Labute approximate surface area is 251 Å². The predicted octanol–water partition coefficient (Wildman–Crippen LogP) is 7.06. The lowest BCUT2D eigenvalue weighted by Gasteiger charge is -2.26. The number of hydrogen-bond acceptors (Lipinski definition) is 5. The van der Waals surface area contributed by atoms with Crippen molar-refractivity contribution in [2.24, 2.45) is 4.99 Å². The Kier molecular flexibility index (Phi) is 8.66. The third kappa shape index (κ3) is 7.54. The van der Waals surface area contributed by atoms with Crippen molar-refractivity contribution < 1.29 is 19.1 Å². The van der Waals surface area contributed by atoms with Crippen LogP contribution >= 0.6 is 0 Å². The molecule has 4 aromatic rings. The van der Waals surface area contributed by atoms with E-state index in [1.807, 2.05) is 130 Å². The molecule has 0 saturated carbocycles. The van der Waals surface area contributed by atoms with Gasteiger partial charge in [-0.05, 0) is 73.9 Å². The van der Waals surface area contributed by atoms with Gasteiger partial charge in [0.1, 0.15) is 12.0 Å². The van der Waals surface area contributed by atoms with Gasteiger partial charge in [0.15, 0.2) is 0 Å². The Balaban J connectivity index is 1.33. The van der Waals surface area contributed by atoms with E-state index in [4.69, 9.17) is 4.74 Å². The Bertz CT molecular complexity index is 1630. The SMILES string of the molecule is CC(C)(C)OC(=O)NCc1ccc(N2C(=O)CC(=O)N(Cc3ccc(N=Cc4ccccc4)cc3)c3ccccc32)cc1. The first kappa shape index (κ1) is 29.3. The molecular formula is C35H34N4O4. The van der Waals surface area contributed by atoms with Crippen molar-refractivity contribution in [2.45, 2.75) is 45.9 Å². The minimum atomic E-state index is -0.583. The first-order valence-electron chi connectivity index (χ1n) is 14.1. The van der Waals surface area contributed by atoms with Gasteiger partial charge in [-0.25, -0.2) is 4.79 Å². The van der Waals surface area contributed by atoms with Crippen molar-refractivity contribution in [3.63, 3.8) is 0 Å². The van der Waals surface area contributed by atoms with Crippen molar-refractivity contribution in [2.75, 3.05) is 9.80 Å². The number of hydrogen-bond donors (Lipinski definition) is 1. The van der Waals surface area contributed by atoms with Crippen LogP contribution < -0.4 is 15.1 Å². The summed E-state index contributed by atoms with van der Waals surface area (Å²) >= 11 is 0. The number of anilines is 3. The summed E-state index contributed by atoms with van der Waals surface area (Å²) in [5.74, 6) is -0.588. The van der Waals surface area contributed by atoms with Gasteiger partial charge in [-0.15, -0.1) is 0 Å². The summed E-state index contributed by atoms with van der Waals surface area (Å²) in [6, 6.07) is 32.3. The van der Waals surface area contributed by atoms with E-state index in [0.717, 1.165) is 22.4 Å². The number of aliphatic imine (C=N–C) groups is 1. The van der Waals surface area contributed by atoms with Crippen molar-refractivity contribution in [3.05, 3.63) is 120 Å². The Morgan fingerprint density at radius 1 is 0.814 bits per heavy atom. The number of alkyl carbamates (subject to hydrolysis) is 1. The molecule has 0 bridgehead atoms. The maximum atomic E-state index is 13.4. The van der Waals surface area contributed by atoms with Gasteiger partial charge in [0.2, 0.25) is 11.8 Å². The van der Waals surface area contributed by atoms with Gasteiger partial charge < -0.3 is 15.0 Å². The highest BCUT2D eigenvalue weighted by molar-refractivity contribution is 6.18. The second-order valence-electron chi connectivity index (χ2n) is 11.2. The summed E-state index contributed by atoms with van der Waals surface area (Å²) in [5, 5.41) is 2.74. The molecule has 1 heterocycles. The zero-order valence-electron chi connectivity index (χ0n) is 24.5. The Hall–Kier alpha value is -5.24. The minimum Gasteiger partial charge on any atom is -0.444 e. The zero-order valence-corrected chi connectivity index (χ0v) is 24.5. The molecule has 1 aliphatic rings. The highest BCUT2D eigenvalue weighted by atomic mass is 16.6. The lowest BCUT2D eigenvalue weighted by Crippen LogP contribution is -2.32. The molecule has 8 heteroatoms. The topological polar surface area (TPSA) is 91.3 Å². The third-order valence-corrected chi connectivity index (χ3v) is 6.74. The summed E-state index contributed by atoms with van der Waals surface area (Å²) in [6.45, 7) is 6.02. The summed E-state index contributed by atoms with van der Waals surface area (Å²) in [4.78, 5) is 46.7. The highest BCUT2D eigenvalue weighted by Crippen LogP contribution is 2.38. The largest absolute Gasteiger partial charge is 0.444 e. The second-order valence-corrected chi connectivity index (χ2v) is 11.2. The minimum absolute atomic E-state index is 0.268. The van der Waals surface area contributed by atoms with Crippen LogP contribution in [-0.4, -0.2) is 29.7 Å². The average Bonchev–Trinajstić information content (AvgIpc) is 3.09. The number of rotatable bonds is 7. The van der Waals surface area contributed by atoms with Crippen LogP contribution in [0.1, 0.15) is 43.9 Å². The Morgan fingerprint density at radius 2 is 1.44 bits per heavy atom. The molecule has 0 radical (unpaired) electrons. The van der Waals surface area contributed by atoms with E-state index in [-0.39, 0.29) is 24.8 Å². The molecule has 43 heavy (non-hydrogen) atoms. The van der Waals surface area contributed by atoms with Gasteiger partial charge in [-0.1, -0.05) is 66.7 Å². The van der Waals surface area contributed by atoms with Crippen molar-refractivity contribution in [1.29, 1.82) is 0 Å². The van der Waals surface area contributed by atoms with E-state index >= 15 is 0 Å². The fourth-order valence-electron chi connectivity index (χ4n) is 4.72. The highest BCUT2D eigenvalue weighted by Gasteiger charge is 2.32. The Morgan fingerprint density at radius 3 is 2.12 bits per heavy atom. The smallest absolute Gasteiger partial charge is 0.407 e. The molecule has 4 aromatic carbocycles. The van der Waals surface area contributed by atoms with Crippen LogP contribution in [0.4, 0.5) is 27.5 Å². The van der Waals surface area contributed by atoms with Gasteiger partial charge in [0.25, 0.3) is 0 Å². The fraction of sp³-hybridized carbons (Fsp3) is 0.200. The number of nitrogens with one attached hydrogen (secondary N) is 1. The van der Waals surface area contributed by atoms with Crippen LogP contribution in [0.25, 0.3) is 0 Å². The van der Waals surface area contributed by atoms with Crippen LogP contribution in [0.2, 0.25) is 0 Å². The molecule has 0 unspecified atom stereocenters. The lowest BCUT2D eigenvalue weighted by molar-refractivity contribution is -0.125. The average molecular weight is 575 g/mol.